The highest BCUT2D eigenvalue weighted by molar-refractivity contribution is 5.27. The number of aliphatic hydroxyl groups excluding tert-OH is 1. The second-order valence-electron chi connectivity index (χ2n) is 3.55. The monoisotopic (exact) mass is 209 g/mol. The zero-order valence-corrected chi connectivity index (χ0v) is 9.36. The molecule has 3 heteroatoms. The molecule has 0 saturated heterocycles. The van der Waals surface area contributed by atoms with Crippen LogP contribution in [0, 0.1) is 0 Å². The number of hydrogen-bond donors (Lipinski definition) is 2. The summed E-state index contributed by atoms with van der Waals surface area (Å²) >= 11 is 0. The summed E-state index contributed by atoms with van der Waals surface area (Å²) in [5, 5.41) is 12.4. The zero-order chi connectivity index (χ0) is 11.1. The number of hydrogen-bond acceptors (Lipinski definition) is 3. The van der Waals surface area contributed by atoms with Gasteiger partial charge in [0.25, 0.3) is 0 Å². The van der Waals surface area contributed by atoms with Crippen molar-refractivity contribution in [3.8, 4) is 5.75 Å². The molecule has 0 aliphatic heterocycles. The van der Waals surface area contributed by atoms with E-state index >= 15 is 0 Å². The van der Waals surface area contributed by atoms with Gasteiger partial charge in [0.05, 0.1) is 6.10 Å². The van der Waals surface area contributed by atoms with E-state index < -0.39 is 0 Å². The lowest BCUT2D eigenvalue weighted by Crippen LogP contribution is -2.16. The average molecular weight is 209 g/mol. The number of nitrogens with one attached hydrogen (secondary N) is 1. The molecule has 1 aromatic carbocycles. The summed E-state index contributed by atoms with van der Waals surface area (Å²) in [4.78, 5) is 0. The van der Waals surface area contributed by atoms with E-state index in [2.05, 4.69) is 5.32 Å². The van der Waals surface area contributed by atoms with Gasteiger partial charge in [-0.05, 0) is 31.2 Å². The van der Waals surface area contributed by atoms with Gasteiger partial charge in [0, 0.05) is 6.54 Å². The van der Waals surface area contributed by atoms with Crippen molar-refractivity contribution in [2.45, 2.75) is 26.0 Å². The molecule has 0 aliphatic rings. The predicted molar refractivity (Wildman–Crippen MR) is 61.0 cm³/mol. The van der Waals surface area contributed by atoms with Gasteiger partial charge in [0.2, 0.25) is 0 Å². The summed E-state index contributed by atoms with van der Waals surface area (Å²) in [6.07, 6.45) is 0.347. The molecular weight excluding hydrogens is 190 g/mol. The maximum absolute atomic E-state index is 9.32. The van der Waals surface area contributed by atoms with Crippen LogP contribution in [0.2, 0.25) is 0 Å². The standard InChI is InChI=1S/C12H19NO2/c1-3-11(14)9-15-12-6-4-10(5-7-12)8-13-2/h4-7,11,13-14H,3,8-9H2,1-2H3. The Bertz CT molecular complexity index is 271. The molecule has 0 aliphatic carbocycles. The molecule has 0 spiro atoms. The third kappa shape index (κ3) is 4.32. The van der Waals surface area contributed by atoms with Crippen molar-refractivity contribution in [1.82, 2.24) is 5.32 Å². The Morgan fingerprint density at radius 2 is 2.00 bits per heavy atom. The number of ether oxygens (including phenoxy) is 1. The third-order valence-corrected chi connectivity index (χ3v) is 2.22. The smallest absolute Gasteiger partial charge is 0.119 e. The molecule has 0 bridgehead atoms. The van der Waals surface area contributed by atoms with Crippen LogP contribution in [0.5, 0.6) is 5.75 Å². The maximum atomic E-state index is 9.32. The first-order valence-corrected chi connectivity index (χ1v) is 5.30. The summed E-state index contributed by atoms with van der Waals surface area (Å²) in [7, 11) is 1.92. The lowest BCUT2D eigenvalue weighted by Gasteiger charge is -2.10. The molecule has 84 valence electrons. The van der Waals surface area contributed by atoms with Crippen molar-refractivity contribution < 1.29 is 9.84 Å². The Morgan fingerprint density at radius 1 is 1.33 bits per heavy atom. The fourth-order valence-electron chi connectivity index (χ4n) is 1.22. The molecule has 0 radical (unpaired) electrons. The topological polar surface area (TPSA) is 41.5 Å². The van der Waals surface area contributed by atoms with Crippen molar-refractivity contribution in [1.29, 1.82) is 0 Å². The van der Waals surface area contributed by atoms with E-state index in [9.17, 15) is 5.11 Å². The minimum Gasteiger partial charge on any atom is -0.491 e. The number of benzene rings is 1. The fourth-order valence-corrected chi connectivity index (χ4v) is 1.22. The van der Waals surface area contributed by atoms with Gasteiger partial charge in [0.1, 0.15) is 12.4 Å². The molecular formula is C12H19NO2. The summed E-state index contributed by atoms with van der Waals surface area (Å²) in [5.41, 5.74) is 1.22. The highest BCUT2D eigenvalue weighted by Crippen LogP contribution is 2.12. The second kappa shape index (κ2) is 6.43. The van der Waals surface area contributed by atoms with E-state index in [4.69, 9.17) is 4.74 Å². The first kappa shape index (κ1) is 12.0. The Morgan fingerprint density at radius 3 is 2.53 bits per heavy atom. The van der Waals surface area contributed by atoms with Crippen LogP contribution in [0.25, 0.3) is 0 Å². The minimum atomic E-state index is -0.373. The second-order valence-corrected chi connectivity index (χ2v) is 3.55. The first-order chi connectivity index (χ1) is 7.26. The quantitative estimate of drug-likeness (QED) is 0.747. The maximum Gasteiger partial charge on any atom is 0.119 e. The Balaban J connectivity index is 2.42. The van der Waals surface area contributed by atoms with E-state index in [1.165, 1.54) is 5.56 Å². The molecule has 1 unspecified atom stereocenters. The van der Waals surface area contributed by atoms with E-state index in [1.807, 2.05) is 38.2 Å². The van der Waals surface area contributed by atoms with E-state index in [0.717, 1.165) is 18.7 Å². The molecule has 1 aromatic rings. The van der Waals surface area contributed by atoms with Crippen LogP contribution in [0.1, 0.15) is 18.9 Å². The minimum absolute atomic E-state index is 0.363. The molecule has 0 aromatic heterocycles. The van der Waals surface area contributed by atoms with Crippen molar-refractivity contribution in [3.63, 3.8) is 0 Å². The van der Waals surface area contributed by atoms with Crippen LogP contribution in [0.3, 0.4) is 0 Å². The lowest BCUT2D eigenvalue weighted by molar-refractivity contribution is 0.104. The van der Waals surface area contributed by atoms with Crippen molar-refractivity contribution in [3.05, 3.63) is 29.8 Å². The molecule has 0 heterocycles. The van der Waals surface area contributed by atoms with Gasteiger partial charge in [-0.25, -0.2) is 0 Å². The van der Waals surface area contributed by atoms with Gasteiger partial charge in [-0.15, -0.1) is 0 Å². The molecule has 0 fully saturated rings. The van der Waals surface area contributed by atoms with Crippen LogP contribution >= 0.6 is 0 Å². The highest BCUT2D eigenvalue weighted by Gasteiger charge is 2.01. The van der Waals surface area contributed by atoms with Crippen LogP contribution in [0.4, 0.5) is 0 Å². The van der Waals surface area contributed by atoms with Gasteiger partial charge in [0.15, 0.2) is 0 Å². The van der Waals surface area contributed by atoms with Crippen molar-refractivity contribution >= 4 is 0 Å². The van der Waals surface area contributed by atoms with Gasteiger partial charge < -0.3 is 15.2 Å². The van der Waals surface area contributed by atoms with E-state index in [0.29, 0.717) is 6.61 Å². The molecule has 1 atom stereocenters. The van der Waals surface area contributed by atoms with Crippen molar-refractivity contribution in [2.24, 2.45) is 0 Å². The summed E-state index contributed by atoms with van der Waals surface area (Å²) in [6, 6.07) is 7.89. The fraction of sp³-hybridized carbons (Fsp3) is 0.500. The Hall–Kier alpha value is -1.06. The first-order valence-electron chi connectivity index (χ1n) is 5.30. The number of rotatable bonds is 6. The molecule has 0 saturated carbocycles. The molecule has 1 rings (SSSR count). The average Bonchev–Trinajstić information content (AvgIpc) is 2.28. The molecule has 2 N–H and O–H groups in total. The molecule has 15 heavy (non-hydrogen) atoms. The predicted octanol–water partition coefficient (Wildman–Crippen LogP) is 1.56. The Kier molecular flexibility index (Phi) is 5.15. The normalized spacial score (nSPS) is 12.5. The summed E-state index contributed by atoms with van der Waals surface area (Å²) in [5.74, 6) is 0.808. The van der Waals surface area contributed by atoms with Crippen LogP contribution in [-0.4, -0.2) is 24.9 Å². The SMILES string of the molecule is CCC(O)COc1ccc(CNC)cc1. The summed E-state index contributed by atoms with van der Waals surface area (Å²) < 4.78 is 5.42. The molecule has 0 amide bonds. The highest BCUT2D eigenvalue weighted by atomic mass is 16.5. The van der Waals surface area contributed by atoms with Gasteiger partial charge in [-0.2, -0.15) is 0 Å². The van der Waals surface area contributed by atoms with Gasteiger partial charge >= 0.3 is 0 Å². The molecule has 3 nitrogen and oxygen atoms in total. The van der Waals surface area contributed by atoms with E-state index in [1.54, 1.807) is 0 Å². The van der Waals surface area contributed by atoms with Gasteiger partial charge in [-0.1, -0.05) is 19.1 Å². The summed E-state index contributed by atoms with van der Waals surface area (Å²) in [6.45, 7) is 3.16. The Labute approximate surface area is 91.1 Å². The van der Waals surface area contributed by atoms with Crippen LogP contribution in [0.15, 0.2) is 24.3 Å². The number of aliphatic hydroxyl groups is 1. The van der Waals surface area contributed by atoms with Gasteiger partial charge in [-0.3, -0.25) is 0 Å². The van der Waals surface area contributed by atoms with Crippen LogP contribution < -0.4 is 10.1 Å². The van der Waals surface area contributed by atoms with Crippen LogP contribution in [-0.2, 0) is 6.54 Å². The zero-order valence-electron chi connectivity index (χ0n) is 9.36. The third-order valence-electron chi connectivity index (χ3n) is 2.22. The lowest BCUT2D eigenvalue weighted by atomic mass is 10.2. The van der Waals surface area contributed by atoms with Crippen molar-refractivity contribution in [2.75, 3.05) is 13.7 Å². The van der Waals surface area contributed by atoms with E-state index in [-0.39, 0.29) is 6.10 Å². The largest absolute Gasteiger partial charge is 0.491 e.